The monoisotopic (exact) mass is 663 g/mol. The van der Waals surface area contributed by atoms with Crippen molar-refractivity contribution in [3.63, 3.8) is 0 Å². The van der Waals surface area contributed by atoms with Crippen molar-refractivity contribution in [3.05, 3.63) is 86.1 Å². The summed E-state index contributed by atoms with van der Waals surface area (Å²) in [6.07, 6.45) is -1.41. The molecule has 1 amide bonds. The van der Waals surface area contributed by atoms with E-state index in [0.717, 1.165) is 16.3 Å². The van der Waals surface area contributed by atoms with Gasteiger partial charge in [-0.3, -0.25) is 28.7 Å². The van der Waals surface area contributed by atoms with Crippen molar-refractivity contribution >= 4 is 23.2 Å². The number of azide groups is 2. The zero-order valence-electron chi connectivity index (χ0n) is 24.4. The highest BCUT2D eigenvalue weighted by molar-refractivity contribution is 8.13. The van der Waals surface area contributed by atoms with Gasteiger partial charge in [0.15, 0.2) is 0 Å². The van der Waals surface area contributed by atoms with Gasteiger partial charge in [0, 0.05) is 58.5 Å². The first-order valence-electron chi connectivity index (χ1n) is 13.7. The number of ether oxygens (including phenoxy) is 4. The van der Waals surface area contributed by atoms with Gasteiger partial charge in [0.05, 0.1) is 12.1 Å². The van der Waals surface area contributed by atoms with Crippen LogP contribution in [-0.4, -0.2) is 80.3 Å². The normalized spacial score (nSPS) is 23.6. The molecule has 2 aliphatic heterocycles. The van der Waals surface area contributed by atoms with Crippen LogP contribution in [-0.2, 0) is 18.9 Å². The van der Waals surface area contributed by atoms with Crippen LogP contribution in [0.2, 0.25) is 0 Å². The zero-order chi connectivity index (χ0) is 33.4. The maximum Gasteiger partial charge on any atom is 0.407 e. The molecule has 0 aliphatic carbocycles. The molecule has 0 bridgehead atoms. The predicted molar refractivity (Wildman–Crippen MR) is 158 cm³/mol. The number of amides is 1. The summed E-state index contributed by atoms with van der Waals surface area (Å²) in [4.78, 5) is 82.1. The first kappa shape index (κ1) is 33.9. The number of thioether (sulfide) groups is 1. The summed E-state index contributed by atoms with van der Waals surface area (Å²) in [6, 6.07) is -1.51. The molecular formula is C24H29N11O10S. The summed E-state index contributed by atoms with van der Waals surface area (Å²) < 4.78 is 24.3. The van der Waals surface area contributed by atoms with Gasteiger partial charge in [0.1, 0.15) is 37.9 Å². The molecule has 21 nitrogen and oxygen atoms in total. The van der Waals surface area contributed by atoms with Crippen LogP contribution < -0.4 is 27.8 Å². The molecule has 0 spiro atoms. The van der Waals surface area contributed by atoms with E-state index in [9.17, 15) is 28.8 Å². The van der Waals surface area contributed by atoms with E-state index in [1.165, 1.54) is 30.8 Å². The summed E-state index contributed by atoms with van der Waals surface area (Å²) >= 11 is 0.749. The second kappa shape index (κ2) is 15.3. The highest BCUT2D eigenvalue weighted by atomic mass is 32.2. The Hall–Kier alpha value is -5.01. The molecular weight excluding hydrogens is 634 g/mol. The number of aromatic nitrogens is 4. The van der Waals surface area contributed by atoms with Crippen LogP contribution in [0.25, 0.3) is 20.9 Å². The lowest BCUT2D eigenvalue weighted by Crippen LogP contribution is -2.34. The summed E-state index contributed by atoms with van der Waals surface area (Å²) in [5, 5.41) is 9.07. The fourth-order valence-corrected chi connectivity index (χ4v) is 5.26. The van der Waals surface area contributed by atoms with E-state index < -0.39 is 70.6 Å². The Labute approximate surface area is 261 Å². The van der Waals surface area contributed by atoms with Gasteiger partial charge in [0.2, 0.25) is 0 Å². The molecule has 0 unspecified atom stereocenters. The predicted octanol–water partition coefficient (Wildman–Crippen LogP) is 1.23. The number of aryl methyl sites for hydroxylation is 2. The number of nitrogens with one attached hydrogen (secondary N) is 3. The van der Waals surface area contributed by atoms with E-state index in [1.54, 1.807) is 0 Å². The van der Waals surface area contributed by atoms with Crippen molar-refractivity contribution < 1.29 is 28.5 Å². The van der Waals surface area contributed by atoms with Crippen LogP contribution >= 0.6 is 11.8 Å². The second-order valence-corrected chi connectivity index (χ2v) is 11.2. The largest absolute Gasteiger partial charge is 0.455 e. The number of hydrogen-bond acceptors (Lipinski definition) is 13. The molecule has 2 aliphatic rings. The van der Waals surface area contributed by atoms with E-state index >= 15 is 0 Å². The lowest BCUT2D eigenvalue weighted by Gasteiger charge is -2.17. The van der Waals surface area contributed by atoms with Crippen LogP contribution in [0.3, 0.4) is 0 Å². The Kier molecular flexibility index (Phi) is 11.3. The van der Waals surface area contributed by atoms with Gasteiger partial charge in [-0.2, -0.15) is 0 Å². The maximum atomic E-state index is 12.2. The van der Waals surface area contributed by atoms with E-state index in [2.05, 4.69) is 35.3 Å². The van der Waals surface area contributed by atoms with Crippen LogP contribution in [0.15, 0.2) is 41.8 Å². The zero-order valence-corrected chi connectivity index (χ0v) is 25.2. The molecule has 6 atom stereocenters. The molecule has 2 fully saturated rings. The number of hydrogen-bond donors (Lipinski definition) is 3. The molecule has 246 valence electrons. The van der Waals surface area contributed by atoms with E-state index in [1.807, 2.05) is 0 Å². The Morgan fingerprint density at radius 3 is 1.87 bits per heavy atom. The van der Waals surface area contributed by atoms with Crippen LogP contribution in [0.4, 0.5) is 9.59 Å². The number of carbonyl (C=O) groups is 2. The van der Waals surface area contributed by atoms with Crippen LogP contribution in [0.1, 0.15) is 36.4 Å². The highest BCUT2D eigenvalue weighted by Crippen LogP contribution is 2.31. The average Bonchev–Trinajstić information content (AvgIpc) is 3.61. The molecule has 4 heterocycles. The fraction of sp³-hybridized carbons (Fsp3) is 0.583. The van der Waals surface area contributed by atoms with E-state index in [-0.39, 0.29) is 49.5 Å². The van der Waals surface area contributed by atoms with E-state index in [4.69, 9.17) is 30.0 Å². The molecule has 2 saturated heterocycles. The summed E-state index contributed by atoms with van der Waals surface area (Å²) in [5.41, 5.74) is 15.9. The lowest BCUT2D eigenvalue weighted by atomic mass is 10.1. The van der Waals surface area contributed by atoms with Crippen molar-refractivity contribution in [1.29, 1.82) is 0 Å². The van der Waals surface area contributed by atoms with Gasteiger partial charge in [0.25, 0.3) is 11.1 Å². The third-order valence-corrected chi connectivity index (χ3v) is 7.82. The van der Waals surface area contributed by atoms with Gasteiger partial charge in [-0.15, -0.1) is 0 Å². The van der Waals surface area contributed by atoms with Gasteiger partial charge in [-0.25, -0.2) is 19.2 Å². The molecule has 46 heavy (non-hydrogen) atoms. The molecule has 0 aromatic carbocycles. The summed E-state index contributed by atoms with van der Waals surface area (Å²) in [7, 11) is 0. The minimum Gasteiger partial charge on any atom is -0.455 e. The highest BCUT2D eigenvalue weighted by Gasteiger charge is 2.38. The minimum atomic E-state index is -0.867. The first-order valence-corrected chi connectivity index (χ1v) is 14.7. The number of rotatable bonds is 11. The van der Waals surface area contributed by atoms with Crippen molar-refractivity contribution in [2.24, 2.45) is 10.2 Å². The Balaban J connectivity index is 1.19. The van der Waals surface area contributed by atoms with Crippen LogP contribution in [0.5, 0.6) is 0 Å². The standard InChI is InChI=1S/C24H29N11O10S/c1-11-7-34(21(38)28-19(11)36)17-5-13(30-32-25)15(44-17)9-42-23(40)27-3-4-46-24(41)43-10-16-14(31-33-26)6-18(45-16)35-8-12(2)20(37)29-22(35)39/h7-8,13-18H,3-6,9-10H2,1-2H3,(H,27,40)(H,28,36,38)(H,29,37,39)/t13-,14-,15+,16+,17+,18+/m0/s1. The number of nitrogens with zero attached hydrogens (tertiary/aromatic N) is 8. The number of aromatic amines is 2. The molecule has 4 rings (SSSR count). The molecule has 2 aromatic heterocycles. The Bertz CT molecular complexity index is 1660. The third kappa shape index (κ3) is 8.37. The third-order valence-electron chi connectivity index (χ3n) is 7.06. The smallest absolute Gasteiger partial charge is 0.407 e. The number of carbonyl (C=O) groups excluding carboxylic acids is 2. The first-order chi connectivity index (χ1) is 22.0. The van der Waals surface area contributed by atoms with Crippen molar-refractivity contribution in [3.8, 4) is 0 Å². The Morgan fingerprint density at radius 2 is 1.39 bits per heavy atom. The molecule has 3 N–H and O–H groups in total. The fourth-order valence-electron chi connectivity index (χ4n) is 4.74. The second-order valence-electron chi connectivity index (χ2n) is 10.2. The number of alkyl carbamates (subject to hydrolysis) is 1. The van der Waals surface area contributed by atoms with Crippen molar-refractivity contribution in [1.82, 2.24) is 24.4 Å². The summed E-state index contributed by atoms with van der Waals surface area (Å²) in [6.45, 7) is 2.45. The molecule has 2 aromatic rings. The Morgan fingerprint density at radius 1 is 0.913 bits per heavy atom. The topological polar surface area (TPSA) is 290 Å². The van der Waals surface area contributed by atoms with Crippen molar-refractivity contribution in [2.75, 3.05) is 25.5 Å². The van der Waals surface area contributed by atoms with Crippen LogP contribution in [0, 0.1) is 13.8 Å². The molecule has 0 radical (unpaired) electrons. The molecule has 0 saturated carbocycles. The quantitative estimate of drug-likeness (QED) is 0.101. The number of H-pyrrole nitrogens is 2. The minimum absolute atomic E-state index is 0.0103. The lowest BCUT2D eigenvalue weighted by molar-refractivity contribution is -0.0307. The van der Waals surface area contributed by atoms with E-state index in [0.29, 0.717) is 0 Å². The SMILES string of the molecule is Cc1cn([C@H]2C[C@H](N=[N+]=[N-])[C@@H](COC(=O)NCCSC(=O)OC[C@H]3O[C@@H](n4cc(C)c(=O)[nH]c4=O)C[C@@H]3N=[N+]=[N-])O2)c(=O)[nH]c1=O. The van der Waals surface area contributed by atoms with Crippen molar-refractivity contribution in [2.45, 2.75) is 63.4 Å². The molecule has 22 heteroatoms. The average molecular weight is 664 g/mol. The van der Waals surface area contributed by atoms with Gasteiger partial charge < -0.3 is 24.3 Å². The van der Waals surface area contributed by atoms with Gasteiger partial charge in [-0.1, -0.05) is 10.2 Å². The van der Waals surface area contributed by atoms with Gasteiger partial charge in [-0.05, 0) is 36.7 Å². The summed E-state index contributed by atoms with van der Waals surface area (Å²) in [5.74, 6) is 0.103. The maximum absolute atomic E-state index is 12.2. The van der Waals surface area contributed by atoms with Gasteiger partial charge >= 0.3 is 22.8 Å².